The van der Waals surface area contributed by atoms with E-state index in [9.17, 15) is 8.78 Å². The molecular formula is C13H18F2N2. The van der Waals surface area contributed by atoms with Crippen molar-refractivity contribution in [2.75, 3.05) is 26.2 Å². The van der Waals surface area contributed by atoms with E-state index < -0.39 is 11.6 Å². The van der Waals surface area contributed by atoms with Crippen LogP contribution in [0, 0.1) is 17.6 Å². The summed E-state index contributed by atoms with van der Waals surface area (Å²) in [5.41, 5.74) is 0.573. The van der Waals surface area contributed by atoms with Gasteiger partial charge in [-0.25, -0.2) is 8.78 Å². The first kappa shape index (κ1) is 12.5. The van der Waals surface area contributed by atoms with Crippen LogP contribution in [0.2, 0.25) is 0 Å². The lowest BCUT2D eigenvalue weighted by Gasteiger charge is -2.10. The molecule has 0 aromatic heterocycles. The molecule has 0 saturated carbocycles. The third-order valence-corrected chi connectivity index (χ3v) is 3.18. The zero-order valence-electron chi connectivity index (χ0n) is 9.81. The Bertz CT molecular complexity index is 362. The lowest BCUT2D eigenvalue weighted by Crippen LogP contribution is -2.26. The molecule has 17 heavy (non-hydrogen) atoms. The van der Waals surface area contributed by atoms with Gasteiger partial charge in [-0.05, 0) is 56.6 Å². The highest BCUT2D eigenvalue weighted by Gasteiger charge is 2.13. The molecule has 1 aliphatic rings. The zero-order chi connectivity index (χ0) is 12.1. The maximum Gasteiger partial charge on any atom is 0.129 e. The van der Waals surface area contributed by atoms with Gasteiger partial charge in [0.25, 0.3) is 0 Å². The molecule has 0 radical (unpaired) electrons. The summed E-state index contributed by atoms with van der Waals surface area (Å²) in [5.74, 6) is -0.279. The largest absolute Gasteiger partial charge is 0.316 e. The number of halogens is 2. The Morgan fingerprint density at radius 2 is 2.24 bits per heavy atom. The van der Waals surface area contributed by atoms with Gasteiger partial charge in [-0.15, -0.1) is 0 Å². The van der Waals surface area contributed by atoms with Crippen molar-refractivity contribution >= 4 is 0 Å². The average molecular weight is 240 g/mol. The molecule has 1 aliphatic heterocycles. The lowest BCUT2D eigenvalue weighted by molar-refractivity contribution is 0.510. The highest BCUT2D eigenvalue weighted by molar-refractivity contribution is 5.18. The Kier molecular flexibility index (Phi) is 4.45. The van der Waals surface area contributed by atoms with Crippen molar-refractivity contribution in [1.82, 2.24) is 10.6 Å². The fourth-order valence-corrected chi connectivity index (χ4v) is 2.14. The molecule has 0 amide bonds. The smallest absolute Gasteiger partial charge is 0.129 e. The minimum Gasteiger partial charge on any atom is -0.316 e. The van der Waals surface area contributed by atoms with E-state index in [1.54, 1.807) is 0 Å². The van der Waals surface area contributed by atoms with Gasteiger partial charge in [0.05, 0.1) is 0 Å². The highest BCUT2D eigenvalue weighted by Crippen LogP contribution is 2.10. The van der Waals surface area contributed by atoms with Crippen LogP contribution in [0.25, 0.3) is 0 Å². The zero-order valence-corrected chi connectivity index (χ0v) is 9.81. The Balaban J connectivity index is 1.70. The molecule has 1 aromatic carbocycles. The molecule has 1 fully saturated rings. The number of nitrogens with one attached hydrogen (secondary N) is 2. The van der Waals surface area contributed by atoms with Gasteiger partial charge in [-0.3, -0.25) is 0 Å². The Morgan fingerprint density at radius 3 is 2.94 bits per heavy atom. The van der Waals surface area contributed by atoms with Gasteiger partial charge in [-0.2, -0.15) is 0 Å². The summed E-state index contributed by atoms with van der Waals surface area (Å²) < 4.78 is 26.0. The number of hydrogen-bond donors (Lipinski definition) is 2. The standard InChI is InChI=1S/C13H18F2N2/c14-12-2-1-11(13(15)7-12)4-6-17-9-10-3-5-16-8-10/h1-2,7,10,16-17H,3-6,8-9H2. The molecule has 1 saturated heterocycles. The average Bonchev–Trinajstić information content (AvgIpc) is 2.79. The first-order valence-corrected chi connectivity index (χ1v) is 6.11. The second-order valence-electron chi connectivity index (χ2n) is 4.55. The predicted molar refractivity (Wildman–Crippen MR) is 63.9 cm³/mol. The molecule has 94 valence electrons. The molecule has 1 aromatic rings. The first-order valence-electron chi connectivity index (χ1n) is 6.11. The van der Waals surface area contributed by atoms with Crippen molar-refractivity contribution in [2.45, 2.75) is 12.8 Å². The summed E-state index contributed by atoms with van der Waals surface area (Å²) in [6, 6.07) is 3.76. The monoisotopic (exact) mass is 240 g/mol. The Hall–Kier alpha value is -1.00. The minimum atomic E-state index is -0.517. The Morgan fingerprint density at radius 1 is 1.35 bits per heavy atom. The van der Waals surface area contributed by atoms with E-state index in [-0.39, 0.29) is 0 Å². The van der Waals surface area contributed by atoms with Crippen LogP contribution in [0.3, 0.4) is 0 Å². The SMILES string of the molecule is Fc1ccc(CCNCC2CCNC2)c(F)c1. The third kappa shape index (κ3) is 3.75. The van der Waals surface area contributed by atoms with E-state index in [0.717, 1.165) is 32.2 Å². The van der Waals surface area contributed by atoms with Crippen LogP contribution in [0.5, 0.6) is 0 Å². The second-order valence-corrected chi connectivity index (χ2v) is 4.55. The molecule has 0 bridgehead atoms. The van der Waals surface area contributed by atoms with Crippen LogP contribution in [-0.4, -0.2) is 26.2 Å². The molecule has 2 N–H and O–H groups in total. The number of rotatable bonds is 5. The van der Waals surface area contributed by atoms with Gasteiger partial charge in [0.2, 0.25) is 0 Å². The predicted octanol–water partition coefficient (Wildman–Crippen LogP) is 1.71. The van der Waals surface area contributed by atoms with Crippen LogP contribution >= 0.6 is 0 Å². The molecule has 2 rings (SSSR count). The minimum absolute atomic E-state index is 0.450. The van der Waals surface area contributed by atoms with E-state index in [2.05, 4.69) is 10.6 Å². The fraction of sp³-hybridized carbons (Fsp3) is 0.538. The summed E-state index contributed by atoms with van der Waals surface area (Å²) in [6.45, 7) is 3.87. The maximum atomic E-state index is 13.3. The summed E-state index contributed by atoms with van der Waals surface area (Å²) in [6.07, 6.45) is 1.81. The van der Waals surface area contributed by atoms with Crippen LogP contribution in [0.1, 0.15) is 12.0 Å². The van der Waals surface area contributed by atoms with Crippen molar-refractivity contribution in [3.8, 4) is 0 Å². The molecule has 0 spiro atoms. The topological polar surface area (TPSA) is 24.1 Å². The quantitative estimate of drug-likeness (QED) is 0.766. The van der Waals surface area contributed by atoms with Crippen molar-refractivity contribution in [2.24, 2.45) is 5.92 Å². The molecule has 0 aliphatic carbocycles. The van der Waals surface area contributed by atoms with Crippen LogP contribution < -0.4 is 10.6 Å². The van der Waals surface area contributed by atoms with Crippen LogP contribution in [0.15, 0.2) is 18.2 Å². The van der Waals surface area contributed by atoms with Gasteiger partial charge < -0.3 is 10.6 Å². The van der Waals surface area contributed by atoms with Gasteiger partial charge in [0.1, 0.15) is 11.6 Å². The van der Waals surface area contributed by atoms with E-state index in [1.807, 2.05) is 0 Å². The lowest BCUT2D eigenvalue weighted by atomic mass is 10.1. The van der Waals surface area contributed by atoms with Crippen molar-refractivity contribution < 1.29 is 8.78 Å². The normalized spacial score (nSPS) is 19.8. The number of benzene rings is 1. The molecule has 4 heteroatoms. The van der Waals surface area contributed by atoms with E-state index in [4.69, 9.17) is 0 Å². The summed E-state index contributed by atoms with van der Waals surface area (Å²) in [5, 5.41) is 6.62. The van der Waals surface area contributed by atoms with E-state index >= 15 is 0 Å². The highest BCUT2D eigenvalue weighted by atomic mass is 19.1. The first-order chi connectivity index (χ1) is 8.25. The molecule has 2 nitrogen and oxygen atoms in total. The van der Waals surface area contributed by atoms with Crippen LogP contribution in [0.4, 0.5) is 8.78 Å². The van der Waals surface area contributed by atoms with Gasteiger partial charge >= 0.3 is 0 Å². The van der Waals surface area contributed by atoms with Gasteiger partial charge in [-0.1, -0.05) is 6.07 Å². The van der Waals surface area contributed by atoms with Crippen molar-refractivity contribution in [3.63, 3.8) is 0 Å². The Labute approximate surface area is 100 Å². The molecular weight excluding hydrogens is 222 g/mol. The summed E-state index contributed by atoms with van der Waals surface area (Å²) >= 11 is 0. The van der Waals surface area contributed by atoms with E-state index in [0.29, 0.717) is 17.9 Å². The molecule has 1 unspecified atom stereocenters. The van der Waals surface area contributed by atoms with Crippen LogP contribution in [-0.2, 0) is 6.42 Å². The summed E-state index contributed by atoms with van der Waals surface area (Å²) in [7, 11) is 0. The van der Waals surface area contributed by atoms with E-state index in [1.165, 1.54) is 18.6 Å². The number of hydrogen-bond acceptors (Lipinski definition) is 2. The van der Waals surface area contributed by atoms with Crippen molar-refractivity contribution in [1.29, 1.82) is 0 Å². The summed E-state index contributed by atoms with van der Waals surface area (Å²) in [4.78, 5) is 0. The van der Waals surface area contributed by atoms with Crippen molar-refractivity contribution in [3.05, 3.63) is 35.4 Å². The van der Waals surface area contributed by atoms with Gasteiger partial charge in [0.15, 0.2) is 0 Å². The third-order valence-electron chi connectivity index (χ3n) is 3.18. The second kappa shape index (κ2) is 6.07. The van der Waals surface area contributed by atoms with Gasteiger partial charge in [0, 0.05) is 6.07 Å². The maximum absolute atomic E-state index is 13.3. The molecule has 1 atom stereocenters. The molecule has 1 heterocycles. The fourth-order valence-electron chi connectivity index (χ4n) is 2.14.